The maximum absolute atomic E-state index is 5.04. The van der Waals surface area contributed by atoms with Crippen molar-refractivity contribution in [3.63, 3.8) is 0 Å². The highest BCUT2D eigenvalue weighted by molar-refractivity contribution is 4.86. The second kappa shape index (κ2) is 4.52. The predicted molar refractivity (Wildman–Crippen MR) is 46.2 cm³/mol. The molecule has 0 fully saturated rings. The van der Waals surface area contributed by atoms with Gasteiger partial charge >= 0.3 is 0 Å². The van der Waals surface area contributed by atoms with Gasteiger partial charge in [-0.3, -0.25) is 0 Å². The molecule has 0 aromatic heterocycles. The number of rotatable bonds is 4. The molecule has 0 heterocycles. The zero-order valence-electron chi connectivity index (χ0n) is 7.94. The van der Waals surface area contributed by atoms with E-state index < -0.39 is 0 Å². The Morgan fingerprint density at radius 3 is 2.27 bits per heavy atom. The van der Waals surface area contributed by atoms with Gasteiger partial charge in [0.2, 0.25) is 0 Å². The summed E-state index contributed by atoms with van der Waals surface area (Å²) >= 11 is 0. The first kappa shape index (κ1) is 10.7. The maximum atomic E-state index is 5.04. The van der Waals surface area contributed by atoms with Crippen molar-refractivity contribution in [1.82, 2.24) is 0 Å². The summed E-state index contributed by atoms with van der Waals surface area (Å²) in [6.45, 7) is 12.2. The molecule has 0 aliphatic rings. The van der Waals surface area contributed by atoms with Crippen molar-refractivity contribution >= 4 is 0 Å². The van der Waals surface area contributed by atoms with Crippen LogP contribution in [-0.2, 0) is 9.78 Å². The Bertz CT molecular complexity index is 122. The van der Waals surface area contributed by atoms with Crippen molar-refractivity contribution in [3.05, 3.63) is 12.2 Å². The quantitative estimate of drug-likeness (QED) is 0.271. The van der Waals surface area contributed by atoms with Crippen LogP contribution >= 0.6 is 0 Å². The van der Waals surface area contributed by atoms with Crippen molar-refractivity contribution < 1.29 is 9.78 Å². The average Bonchev–Trinajstić information content (AvgIpc) is 1.78. The largest absolute Gasteiger partial charge is 0.236 e. The maximum Gasteiger partial charge on any atom is 0.0952 e. The molecule has 0 aliphatic heterocycles. The fourth-order valence-corrected chi connectivity index (χ4v) is 0.434. The van der Waals surface area contributed by atoms with Crippen LogP contribution in [0.2, 0.25) is 0 Å². The third-order valence-corrected chi connectivity index (χ3v) is 0.921. The van der Waals surface area contributed by atoms with Crippen molar-refractivity contribution in [3.8, 4) is 0 Å². The molecule has 0 bridgehead atoms. The van der Waals surface area contributed by atoms with Gasteiger partial charge in [0.15, 0.2) is 0 Å². The summed E-state index contributed by atoms with van der Waals surface area (Å²) in [5.41, 5.74) is 0.900. The van der Waals surface area contributed by atoms with E-state index in [1.54, 1.807) is 0 Å². The highest BCUT2D eigenvalue weighted by Gasteiger charge is 2.10. The Balaban J connectivity index is 3.22. The predicted octanol–water partition coefficient (Wildman–Crippen LogP) is 2.70. The number of hydrogen-bond donors (Lipinski definition) is 0. The lowest BCUT2D eigenvalue weighted by molar-refractivity contribution is -0.347. The molecule has 2 heteroatoms. The lowest BCUT2D eigenvalue weighted by atomic mass is 10.2. The van der Waals surface area contributed by atoms with Crippen LogP contribution in [0.25, 0.3) is 0 Å². The van der Waals surface area contributed by atoms with Gasteiger partial charge in [-0.2, -0.15) is 0 Å². The summed E-state index contributed by atoms with van der Waals surface area (Å²) in [7, 11) is 0. The Labute approximate surface area is 69.1 Å². The lowest BCUT2D eigenvalue weighted by Gasteiger charge is -2.17. The molecular weight excluding hydrogens is 140 g/mol. The van der Waals surface area contributed by atoms with Gasteiger partial charge in [0.05, 0.1) is 12.2 Å². The molecule has 0 aromatic rings. The third-order valence-electron chi connectivity index (χ3n) is 0.921. The third kappa shape index (κ3) is 9.66. The summed E-state index contributed by atoms with van der Waals surface area (Å²) in [6, 6.07) is 0. The first-order valence-electron chi connectivity index (χ1n) is 3.87. The molecule has 0 aromatic carbocycles. The second-order valence-electron chi connectivity index (χ2n) is 3.72. The van der Waals surface area contributed by atoms with Gasteiger partial charge in [0.25, 0.3) is 0 Å². The van der Waals surface area contributed by atoms with Gasteiger partial charge in [0.1, 0.15) is 0 Å². The Hall–Kier alpha value is -0.340. The standard InChI is InChI=1S/C9H18O2/c1-8(2)6-7-10-11-9(3,4)5/h1,6-7H2,2-5H3. The minimum absolute atomic E-state index is 0.213. The molecule has 0 atom stereocenters. The van der Waals surface area contributed by atoms with E-state index in [-0.39, 0.29) is 5.60 Å². The molecular formula is C9H18O2. The van der Waals surface area contributed by atoms with Crippen molar-refractivity contribution in [2.75, 3.05) is 6.61 Å². The molecule has 66 valence electrons. The van der Waals surface area contributed by atoms with E-state index in [0.29, 0.717) is 6.61 Å². The van der Waals surface area contributed by atoms with Gasteiger partial charge in [-0.15, -0.1) is 6.58 Å². The molecule has 0 radical (unpaired) electrons. The zero-order chi connectivity index (χ0) is 8.91. The lowest BCUT2D eigenvalue weighted by Crippen LogP contribution is -2.19. The summed E-state index contributed by atoms with van der Waals surface area (Å²) in [4.78, 5) is 9.99. The smallest absolute Gasteiger partial charge is 0.0952 e. The Morgan fingerprint density at radius 2 is 1.91 bits per heavy atom. The fraction of sp³-hybridized carbons (Fsp3) is 0.778. The molecule has 0 N–H and O–H groups in total. The van der Waals surface area contributed by atoms with Crippen LogP contribution in [0.1, 0.15) is 34.1 Å². The van der Waals surface area contributed by atoms with E-state index in [0.717, 1.165) is 12.0 Å². The minimum atomic E-state index is -0.213. The second-order valence-corrected chi connectivity index (χ2v) is 3.72. The van der Waals surface area contributed by atoms with E-state index in [4.69, 9.17) is 9.78 Å². The van der Waals surface area contributed by atoms with Crippen LogP contribution in [0.3, 0.4) is 0 Å². The van der Waals surface area contributed by atoms with Gasteiger partial charge in [0, 0.05) is 0 Å². The highest BCUT2D eigenvalue weighted by Crippen LogP contribution is 2.07. The van der Waals surface area contributed by atoms with Crippen LogP contribution in [0, 0.1) is 0 Å². The fourth-order valence-electron chi connectivity index (χ4n) is 0.434. The number of hydrogen-bond acceptors (Lipinski definition) is 2. The normalized spacial score (nSPS) is 11.6. The van der Waals surface area contributed by atoms with Gasteiger partial charge in [-0.25, -0.2) is 9.78 Å². The van der Waals surface area contributed by atoms with E-state index in [1.807, 2.05) is 27.7 Å². The SMILES string of the molecule is C=C(C)CCOOC(C)(C)C. The van der Waals surface area contributed by atoms with Crippen molar-refractivity contribution in [2.24, 2.45) is 0 Å². The first-order chi connectivity index (χ1) is 4.92. The van der Waals surface area contributed by atoms with Gasteiger partial charge in [-0.05, 0) is 34.1 Å². The van der Waals surface area contributed by atoms with Crippen LogP contribution in [0.4, 0.5) is 0 Å². The molecule has 0 aliphatic carbocycles. The van der Waals surface area contributed by atoms with E-state index in [1.165, 1.54) is 0 Å². The molecule has 0 spiro atoms. The van der Waals surface area contributed by atoms with Gasteiger partial charge in [-0.1, -0.05) is 5.57 Å². The zero-order valence-corrected chi connectivity index (χ0v) is 7.94. The van der Waals surface area contributed by atoms with Crippen molar-refractivity contribution in [1.29, 1.82) is 0 Å². The monoisotopic (exact) mass is 158 g/mol. The van der Waals surface area contributed by atoms with Crippen LogP contribution in [0.5, 0.6) is 0 Å². The molecule has 11 heavy (non-hydrogen) atoms. The highest BCUT2D eigenvalue weighted by atomic mass is 17.2. The molecule has 0 saturated heterocycles. The molecule has 0 amide bonds. The van der Waals surface area contributed by atoms with Crippen LogP contribution in [0.15, 0.2) is 12.2 Å². The minimum Gasteiger partial charge on any atom is -0.236 e. The molecule has 0 saturated carbocycles. The van der Waals surface area contributed by atoms with Crippen LogP contribution in [-0.4, -0.2) is 12.2 Å². The van der Waals surface area contributed by atoms with Crippen molar-refractivity contribution in [2.45, 2.75) is 39.7 Å². The summed E-state index contributed by atoms with van der Waals surface area (Å²) in [5.74, 6) is 0. The summed E-state index contributed by atoms with van der Waals surface area (Å²) < 4.78 is 0. The topological polar surface area (TPSA) is 18.5 Å². The molecule has 2 nitrogen and oxygen atoms in total. The first-order valence-corrected chi connectivity index (χ1v) is 3.87. The Morgan fingerprint density at radius 1 is 1.36 bits per heavy atom. The van der Waals surface area contributed by atoms with Crippen LogP contribution < -0.4 is 0 Å². The van der Waals surface area contributed by atoms with E-state index in [2.05, 4.69) is 6.58 Å². The Kier molecular flexibility index (Phi) is 4.38. The van der Waals surface area contributed by atoms with Gasteiger partial charge < -0.3 is 0 Å². The summed E-state index contributed by atoms with van der Waals surface area (Å²) in [5, 5.41) is 0. The molecule has 0 unspecified atom stereocenters. The van der Waals surface area contributed by atoms with E-state index in [9.17, 15) is 0 Å². The summed E-state index contributed by atoms with van der Waals surface area (Å²) in [6.07, 6.45) is 0.857. The van der Waals surface area contributed by atoms with E-state index >= 15 is 0 Å². The molecule has 0 rings (SSSR count). The average molecular weight is 158 g/mol.